The predicted octanol–water partition coefficient (Wildman–Crippen LogP) is 4.24. The molecular weight excluding hydrogens is 386 g/mol. The van der Waals surface area contributed by atoms with E-state index in [0.29, 0.717) is 12.1 Å². The molecule has 2 unspecified atom stereocenters. The van der Waals surface area contributed by atoms with Crippen LogP contribution < -0.4 is 0 Å². The average molecular weight is 407 g/mol. The minimum Gasteiger partial charge on any atom is -0.293 e. The van der Waals surface area contributed by atoms with Crippen LogP contribution >= 0.6 is 0 Å². The van der Waals surface area contributed by atoms with Gasteiger partial charge in [0.25, 0.3) is 0 Å². The first kappa shape index (κ1) is 19.8. The molecule has 4 rings (SSSR count). The van der Waals surface area contributed by atoms with Gasteiger partial charge in [0.15, 0.2) is 5.65 Å². The summed E-state index contributed by atoms with van der Waals surface area (Å²) in [5.41, 5.74) is 2.63. The van der Waals surface area contributed by atoms with Gasteiger partial charge >= 0.3 is 6.18 Å². The number of rotatable bonds is 3. The van der Waals surface area contributed by atoms with E-state index < -0.39 is 18.2 Å². The molecule has 0 amide bonds. The van der Waals surface area contributed by atoms with Crippen molar-refractivity contribution in [1.82, 2.24) is 24.5 Å². The minimum absolute atomic E-state index is 0.0496. The van der Waals surface area contributed by atoms with E-state index in [9.17, 15) is 17.6 Å². The fourth-order valence-electron chi connectivity index (χ4n) is 4.38. The summed E-state index contributed by atoms with van der Waals surface area (Å²) in [5, 5.41) is 3.93. The Labute approximate surface area is 165 Å². The van der Waals surface area contributed by atoms with E-state index in [-0.39, 0.29) is 17.0 Å². The molecule has 0 aliphatic heterocycles. The Kier molecular flexibility index (Phi) is 4.41. The molecule has 1 aliphatic carbocycles. The normalized spacial score (nSPS) is 19.7. The van der Waals surface area contributed by atoms with E-state index >= 15 is 0 Å². The SMILES string of the molecule is CN(C)C(c1ccc(C2CC(C)(C)c3c2cnc2cc(F)nn32)cn1)C(F)(F)F. The number of hydrogen-bond donors (Lipinski definition) is 0. The maximum absolute atomic E-state index is 13.7. The van der Waals surface area contributed by atoms with Gasteiger partial charge in [0, 0.05) is 35.4 Å². The largest absolute Gasteiger partial charge is 0.409 e. The van der Waals surface area contributed by atoms with Gasteiger partial charge in [0.05, 0.1) is 11.4 Å². The predicted molar refractivity (Wildman–Crippen MR) is 99.2 cm³/mol. The van der Waals surface area contributed by atoms with E-state index in [1.54, 1.807) is 12.3 Å². The molecule has 3 heterocycles. The van der Waals surface area contributed by atoms with Crippen molar-refractivity contribution in [3.63, 3.8) is 0 Å². The second-order valence-corrected chi connectivity index (χ2v) is 8.36. The molecule has 0 aromatic carbocycles. The maximum Gasteiger partial charge on any atom is 0.409 e. The van der Waals surface area contributed by atoms with Gasteiger partial charge in [0.1, 0.15) is 6.04 Å². The molecule has 0 N–H and O–H groups in total. The summed E-state index contributed by atoms with van der Waals surface area (Å²) in [6, 6.07) is 2.63. The van der Waals surface area contributed by atoms with Crippen LogP contribution in [0.3, 0.4) is 0 Å². The van der Waals surface area contributed by atoms with E-state index in [0.717, 1.165) is 21.7 Å². The molecule has 2 atom stereocenters. The van der Waals surface area contributed by atoms with Crippen molar-refractivity contribution in [3.8, 4) is 0 Å². The van der Waals surface area contributed by atoms with Crippen LogP contribution in [0.1, 0.15) is 54.7 Å². The summed E-state index contributed by atoms with van der Waals surface area (Å²) in [4.78, 5) is 9.53. The monoisotopic (exact) mass is 407 g/mol. The highest BCUT2D eigenvalue weighted by atomic mass is 19.4. The number of fused-ring (bicyclic) bond motifs is 3. The Bertz CT molecular complexity index is 1050. The maximum atomic E-state index is 13.7. The van der Waals surface area contributed by atoms with Gasteiger partial charge in [0.2, 0.25) is 5.95 Å². The summed E-state index contributed by atoms with van der Waals surface area (Å²) >= 11 is 0. The number of hydrogen-bond acceptors (Lipinski definition) is 4. The summed E-state index contributed by atoms with van der Waals surface area (Å²) in [7, 11) is 2.76. The second kappa shape index (κ2) is 6.48. The number of pyridine rings is 1. The Balaban J connectivity index is 1.75. The van der Waals surface area contributed by atoms with Gasteiger partial charge in [-0.2, -0.15) is 17.6 Å². The summed E-state index contributed by atoms with van der Waals surface area (Å²) < 4.78 is 55.3. The van der Waals surface area contributed by atoms with Crippen LogP contribution in [0.2, 0.25) is 0 Å². The lowest BCUT2D eigenvalue weighted by molar-refractivity contribution is -0.180. The van der Waals surface area contributed by atoms with Crippen LogP contribution in [0.4, 0.5) is 17.6 Å². The first-order chi connectivity index (χ1) is 13.5. The molecule has 0 saturated heterocycles. The molecule has 3 aromatic rings. The molecule has 0 saturated carbocycles. The first-order valence-corrected chi connectivity index (χ1v) is 9.22. The summed E-state index contributed by atoms with van der Waals surface area (Å²) in [6.45, 7) is 4.08. The lowest BCUT2D eigenvalue weighted by Crippen LogP contribution is -2.34. The van der Waals surface area contributed by atoms with Gasteiger partial charge in [-0.15, -0.1) is 5.10 Å². The van der Waals surface area contributed by atoms with Crippen LogP contribution in [-0.2, 0) is 5.41 Å². The fraction of sp³-hybridized carbons (Fsp3) is 0.450. The van der Waals surface area contributed by atoms with Crippen molar-refractivity contribution >= 4 is 5.65 Å². The highest BCUT2D eigenvalue weighted by molar-refractivity contribution is 5.49. The Morgan fingerprint density at radius 3 is 2.48 bits per heavy atom. The van der Waals surface area contributed by atoms with Gasteiger partial charge in [-0.05, 0) is 32.1 Å². The topological polar surface area (TPSA) is 46.3 Å². The van der Waals surface area contributed by atoms with Crippen molar-refractivity contribution in [2.45, 2.75) is 43.8 Å². The molecule has 0 bridgehead atoms. The molecule has 29 heavy (non-hydrogen) atoms. The number of nitrogens with zero attached hydrogens (tertiary/aromatic N) is 5. The molecule has 5 nitrogen and oxygen atoms in total. The Morgan fingerprint density at radius 2 is 1.90 bits per heavy atom. The number of alkyl halides is 3. The zero-order valence-corrected chi connectivity index (χ0v) is 16.5. The zero-order valence-electron chi connectivity index (χ0n) is 16.5. The standard InChI is InChI=1S/C20H21F4N5/c1-19(2)8-12(13-10-26-16-7-15(21)27-29(16)17(13)19)11-5-6-14(25-9-11)18(28(3)4)20(22,23)24/h5-7,9-10,12,18H,8H2,1-4H3. The number of halogens is 4. The lowest BCUT2D eigenvalue weighted by Gasteiger charge is -2.26. The molecule has 9 heteroatoms. The quantitative estimate of drug-likeness (QED) is 0.610. The van der Waals surface area contributed by atoms with Gasteiger partial charge < -0.3 is 0 Å². The zero-order chi connectivity index (χ0) is 21.1. The van der Waals surface area contributed by atoms with Crippen LogP contribution in [0.25, 0.3) is 5.65 Å². The van der Waals surface area contributed by atoms with Crippen LogP contribution in [0.15, 0.2) is 30.6 Å². The van der Waals surface area contributed by atoms with Gasteiger partial charge in [-0.3, -0.25) is 9.88 Å². The van der Waals surface area contributed by atoms with Crippen molar-refractivity contribution in [3.05, 3.63) is 59.1 Å². The summed E-state index contributed by atoms with van der Waals surface area (Å²) in [6.07, 6.45) is -0.513. The Hall–Kier alpha value is -2.55. The molecule has 154 valence electrons. The Morgan fingerprint density at radius 1 is 1.17 bits per heavy atom. The third kappa shape index (κ3) is 3.27. The van der Waals surface area contributed by atoms with E-state index in [1.165, 1.54) is 36.9 Å². The fourth-order valence-corrected chi connectivity index (χ4v) is 4.38. The van der Waals surface area contributed by atoms with E-state index in [1.807, 2.05) is 13.8 Å². The lowest BCUT2D eigenvalue weighted by atomic mass is 9.87. The van der Waals surface area contributed by atoms with Gasteiger partial charge in [-0.25, -0.2) is 9.50 Å². The molecule has 1 aliphatic rings. The van der Waals surface area contributed by atoms with E-state index in [2.05, 4.69) is 15.1 Å². The molecule has 0 fully saturated rings. The van der Waals surface area contributed by atoms with E-state index in [4.69, 9.17) is 0 Å². The van der Waals surface area contributed by atoms with Crippen molar-refractivity contribution in [1.29, 1.82) is 0 Å². The van der Waals surface area contributed by atoms with Crippen LogP contribution in [0.5, 0.6) is 0 Å². The highest BCUT2D eigenvalue weighted by Gasteiger charge is 2.44. The third-order valence-corrected chi connectivity index (χ3v) is 5.53. The van der Waals surface area contributed by atoms with Crippen molar-refractivity contribution < 1.29 is 17.6 Å². The summed E-state index contributed by atoms with van der Waals surface area (Å²) in [5.74, 6) is -0.701. The van der Waals surface area contributed by atoms with Gasteiger partial charge in [-0.1, -0.05) is 19.9 Å². The second-order valence-electron chi connectivity index (χ2n) is 8.36. The minimum atomic E-state index is -4.42. The van der Waals surface area contributed by atoms with Crippen molar-refractivity contribution in [2.24, 2.45) is 0 Å². The first-order valence-electron chi connectivity index (χ1n) is 9.22. The molecule has 0 radical (unpaired) electrons. The molecular formula is C20H21F4N5. The van der Waals surface area contributed by atoms with Crippen molar-refractivity contribution in [2.75, 3.05) is 14.1 Å². The highest BCUT2D eigenvalue weighted by Crippen LogP contribution is 2.48. The molecule has 0 spiro atoms. The van der Waals surface area contributed by atoms with Crippen LogP contribution in [0, 0.1) is 5.95 Å². The number of aromatic nitrogens is 4. The smallest absolute Gasteiger partial charge is 0.293 e. The molecule has 3 aromatic heterocycles. The third-order valence-electron chi connectivity index (χ3n) is 5.53. The van der Waals surface area contributed by atoms with Crippen LogP contribution in [-0.4, -0.2) is 44.8 Å². The average Bonchev–Trinajstić information content (AvgIpc) is 3.10.